The SMILES string of the molecule is CCCCC(CC)C(=O)N(C)CC(N)=NO. The number of nitrogens with zero attached hydrogens (tertiary/aromatic N) is 2. The van der Waals surface area contributed by atoms with E-state index in [0.29, 0.717) is 0 Å². The molecular formula is C11H23N3O2. The van der Waals surface area contributed by atoms with Crippen molar-refractivity contribution in [2.45, 2.75) is 39.5 Å². The first-order valence-corrected chi connectivity index (χ1v) is 5.78. The molecule has 0 aliphatic rings. The molecule has 0 radical (unpaired) electrons. The van der Waals surface area contributed by atoms with Crippen molar-refractivity contribution >= 4 is 11.7 Å². The van der Waals surface area contributed by atoms with Crippen LogP contribution in [0.4, 0.5) is 0 Å². The molecule has 0 saturated heterocycles. The molecule has 0 aromatic rings. The highest BCUT2D eigenvalue weighted by Gasteiger charge is 2.20. The monoisotopic (exact) mass is 229 g/mol. The lowest BCUT2D eigenvalue weighted by atomic mass is 9.98. The molecule has 0 saturated carbocycles. The molecule has 0 rings (SSSR count). The maximum atomic E-state index is 12.0. The van der Waals surface area contributed by atoms with Crippen LogP contribution in [-0.2, 0) is 4.79 Å². The third-order valence-corrected chi connectivity index (χ3v) is 2.65. The Balaban J connectivity index is 4.26. The zero-order valence-corrected chi connectivity index (χ0v) is 10.4. The van der Waals surface area contributed by atoms with Gasteiger partial charge in [-0.3, -0.25) is 4.79 Å². The third kappa shape index (κ3) is 5.00. The number of hydrogen-bond donors (Lipinski definition) is 2. The third-order valence-electron chi connectivity index (χ3n) is 2.65. The Bertz CT molecular complexity index is 241. The van der Waals surface area contributed by atoms with Gasteiger partial charge in [-0.1, -0.05) is 31.8 Å². The van der Waals surface area contributed by atoms with Gasteiger partial charge in [0, 0.05) is 13.0 Å². The van der Waals surface area contributed by atoms with Crippen molar-refractivity contribution in [1.29, 1.82) is 0 Å². The fourth-order valence-electron chi connectivity index (χ4n) is 1.62. The Hall–Kier alpha value is -1.26. The van der Waals surface area contributed by atoms with Crippen molar-refractivity contribution in [3.8, 4) is 0 Å². The van der Waals surface area contributed by atoms with Gasteiger partial charge in [0.1, 0.15) is 0 Å². The van der Waals surface area contributed by atoms with E-state index < -0.39 is 0 Å². The Morgan fingerprint density at radius 3 is 2.56 bits per heavy atom. The largest absolute Gasteiger partial charge is 0.409 e. The summed E-state index contributed by atoms with van der Waals surface area (Å²) in [4.78, 5) is 13.5. The van der Waals surface area contributed by atoms with Crippen molar-refractivity contribution in [3.05, 3.63) is 0 Å². The molecule has 5 heteroatoms. The number of unbranched alkanes of at least 4 members (excludes halogenated alkanes) is 1. The molecule has 0 aliphatic heterocycles. The van der Waals surface area contributed by atoms with Gasteiger partial charge in [0.25, 0.3) is 0 Å². The van der Waals surface area contributed by atoms with Gasteiger partial charge in [-0.2, -0.15) is 0 Å². The van der Waals surface area contributed by atoms with Gasteiger partial charge >= 0.3 is 0 Å². The standard InChI is InChI=1S/C11H23N3O2/c1-4-6-7-9(5-2)11(15)14(3)8-10(12)13-16/h9,16H,4-8H2,1-3H3,(H2,12,13). The number of oxime groups is 1. The van der Waals surface area contributed by atoms with E-state index in [1.165, 1.54) is 4.90 Å². The molecule has 1 amide bonds. The number of amidine groups is 1. The van der Waals surface area contributed by atoms with E-state index in [-0.39, 0.29) is 24.2 Å². The van der Waals surface area contributed by atoms with Crippen molar-refractivity contribution in [3.63, 3.8) is 0 Å². The zero-order chi connectivity index (χ0) is 12.6. The lowest BCUT2D eigenvalue weighted by Gasteiger charge is -2.22. The number of carbonyl (C=O) groups excluding carboxylic acids is 1. The molecule has 3 N–H and O–H groups in total. The Kier molecular flexibility index (Phi) is 7.33. The summed E-state index contributed by atoms with van der Waals surface area (Å²) < 4.78 is 0. The molecular weight excluding hydrogens is 206 g/mol. The summed E-state index contributed by atoms with van der Waals surface area (Å²) in [6.07, 6.45) is 3.89. The van der Waals surface area contributed by atoms with Gasteiger partial charge in [0.2, 0.25) is 5.91 Å². The van der Waals surface area contributed by atoms with Crippen LogP contribution in [-0.4, -0.2) is 35.4 Å². The number of rotatable bonds is 7. The predicted molar refractivity (Wildman–Crippen MR) is 64.4 cm³/mol. The summed E-state index contributed by atoms with van der Waals surface area (Å²) in [5.41, 5.74) is 5.36. The first-order valence-electron chi connectivity index (χ1n) is 5.78. The van der Waals surface area contributed by atoms with Crippen molar-refractivity contribution in [2.24, 2.45) is 16.8 Å². The van der Waals surface area contributed by atoms with Crippen LogP contribution in [0, 0.1) is 5.92 Å². The fraction of sp³-hybridized carbons (Fsp3) is 0.818. The fourth-order valence-corrected chi connectivity index (χ4v) is 1.62. The summed E-state index contributed by atoms with van der Waals surface area (Å²) in [6, 6.07) is 0. The summed E-state index contributed by atoms with van der Waals surface area (Å²) >= 11 is 0. The summed E-state index contributed by atoms with van der Waals surface area (Å²) in [5, 5.41) is 11.3. The summed E-state index contributed by atoms with van der Waals surface area (Å²) in [5.74, 6) is 0.181. The highest BCUT2D eigenvalue weighted by Crippen LogP contribution is 2.14. The molecule has 1 unspecified atom stereocenters. The van der Waals surface area contributed by atoms with E-state index in [1.807, 2.05) is 6.92 Å². The van der Waals surface area contributed by atoms with Crippen molar-refractivity contribution in [1.82, 2.24) is 4.90 Å². The van der Waals surface area contributed by atoms with E-state index in [1.54, 1.807) is 7.05 Å². The maximum absolute atomic E-state index is 12.0. The maximum Gasteiger partial charge on any atom is 0.225 e. The van der Waals surface area contributed by atoms with Crippen LogP contribution in [0.1, 0.15) is 39.5 Å². The smallest absolute Gasteiger partial charge is 0.225 e. The van der Waals surface area contributed by atoms with Gasteiger partial charge in [-0.05, 0) is 12.8 Å². The minimum absolute atomic E-state index is 0.0523. The molecule has 16 heavy (non-hydrogen) atoms. The quantitative estimate of drug-likeness (QED) is 0.300. The van der Waals surface area contributed by atoms with Crippen LogP contribution in [0.2, 0.25) is 0 Å². The predicted octanol–water partition coefficient (Wildman–Crippen LogP) is 1.41. The highest BCUT2D eigenvalue weighted by molar-refractivity contribution is 5.87. The first-order chi connectivity index (χ1) is 7.56. The average molecular weight is 229 g/mol. The Labute approximate surface area is 97.3 Å². The van der Waals surface area contributed by atoms with E-state index in [0.717, 1.165) is 25.7 Å². The molecule has 1 atom stereocenters. The lowest BCUT2D eigenvalue weighted by Crippen LogP contribution is -2.39. The molecule has 0 aliphatic carbocycles. The number of amides is 1. The van der Waals surface area contributed by atoms with Gasteiger partial charge in [0.05, 0.1) is 6.54 Å². The molecule has 0 spiro atoms. The normalized spacial score (nSPS) is 13.6. The van der Waals surface area contributed by atoms with E-state index in [2.05, 4.69) is 12.1 Å². The first kappa shape index (κ1) is 14.7. The van der Waals surface area contributed by atoms with E-state index in [9.17, 15) is 4.79 Å². The average Bonchev–Trinajstić information content (AvgIpc) is 2.29. The van der Waals surface area contributed by atoms with Crippen LogP contribution in [0.15, 0.2) is 5.16 Å². The number of hydrogen-bond acceptors (Lipinski definition) is 3. The van der Waals surface area contributed by atoms with Crippen LogP contribution < -0.4 is 5.73 Å². The van der Waals surface area contributed by atoms with Gasteiger partial charge < -0.3 is 15.8 Å². The van der Waals surface area contributed by atoms with Gasteiger partial charge in [-0.25, -0.2) is 0 Å². The second-order valence-electron chi connectivity index (χ2n) is 4.03. The Morgan fingerprint density at radius 1 is 1.50 bits per heavy atom. The zero-order valence-electron chi connectivity index (χ0n) is 10.4. The second-order valence-corrected chi connectivity index (χ2v) is 4.03. The number of nitrogens with two attached hydrogens (primary N) is 1. The molecule has 0 aromatic carbocycles. The van der Waals surface area contributed by atoms with Crippen molar-refractivity contribution < 1.29 is 10.0 Å². The molecule has 0 heterocycles. The number of likely N-dealkylation sites (N-methyl/N-ethyl adjacent to an activating group) is 1. The van der Waals surface area contributed by atoms with E-state index in [4.69, 9.17) is 10.9 Å². The summed E-state index contributed by atoms with van der Waals surface area (Å²) in [6.45, 7) is 4.30. The summed E-state index contributed by atoms with van der Waals surface area (Å²) in [7, 11) is 1.68. The molecule has 94 valence electrons. The second kappa shape index (κ2) is 7.96. The van der Waals surface area contributed by atoms with Gasteiger partial charge in [0.15, 0.2) is 5.84 Å². The van der Waals surface area contributed by atoms with Crippen LogP contribution in [0.25, 0.3) is 0 Å². The molecule has 0 aromatic heterocycles. The Morgan fingerprint density at radius 2 is 2.12 bits per heavy atom. The van der Waals surface area contributed by atoms with Crippen LogP contribution in [0.5, 0.6) is 0 Å². The van der Waals surface area contributed by atoms with E-state index >= 15 is 0 Å². The van der Waals surface area contributed by atoms with Crippen LogP contribution in [0.3, 0.4) is 0 Å². The van der Waals surface area contributed by atoms with Crippen LogP contribution >= 0.6 is 0 Å². The molecule has 0 fully saturated rings. The minimum Gasteiger partial charge on any atom is -0.409 e. The van der Waals surface area contributed by atoms with Gasteiger partial charge in [-0.15, -0.1) is 0 Å². The van der Waals surface area contributed by atoms with Crippen molar-refractivity contribution in [2.75, 3.05) is 13.6 Å². The number of carbonyl (C=O) groups is 1. The molecule has 0 bridgehead atoms. The minimum atomic E-state index is 0.0523. The lowest BCUT2D eigenvalue weighted by molar-refractivity contribution is -0.133. The topological polar surface area (TPSA) is 78.9 Å². The molecule has 5 nitrogen and oxygen atoms in total. The highest BCUT2D eigenvalue weighted by atomic mass is 16.4.